The summed E-state index contributed by atoms with van der Waals surface area (Å²) in [6.07, 6.45) is 1.47. The summed E-state index contributed by atoms with van der Waals surface area (Å²) in [5.41, 5.74) is 3.03. The predicted molar refractivity (Wildman–Crippen MR) is 88.8 cm³/mol. The van der Waals surface area contributed by atoms with Crippen molar-refractivity contribution in [2.45, 2.75) is 20.5 Å². The van der Waals surface area contributed by atoms with E-state index in [1.807, 2.05) is 19.9 Å². The maximum absolute atomic E-state index is 13.2. The molecule has 0 saturated heterocycles. The van der Waals surface area contributed by atoms with E-state index in [1.165, 1.54) is 18.4 Å². The van der Waals surface area contributed by atoms with Gasteiger partial charge in [-0.05, 0) is 60.9 Å². The van der Waals surface area contributed by atoms with Crippen LogP contribution in [0.3, 0.4) is 0 Å². The molecule has 0 N–H and O–H groups in total. The van der Waals surface area contributed by atoms with Gasteiger partial charge in [0, 0.05) is 5.56 Å². The van der Waals surface area contributed by atoms with Crippen LogP contribution in [-0.4, -0.2) is 5.78 Å². The molecule has 0 aliphatic heterocycles. The van der Waals surface area contributed by atoms with Crippen LogP contribution in [0.1, 0.15) is 32.8 Å². The van der Waals surface area contributed by atoms with Gasteiger partial charge in [0.25, 0.3) is 0 Å². The Morgan fingerprint density at radius 1 is 1.08 bits per heavy atom. The maximum Gasteiger partial charge on any atom is 0.228 e. The fraction of sp³-hybridized carbons (Fsp3) is 0.150. The maximum atomic E-state index is 13.2. The molecule has 0 fully saturated rings. The number of carbonyl (C=O) groups excluding carboxylic acids is 1. The first-order valence-corrected chi connectivity index (χ1v) is 7.61. The van der Waals surface area contributed by atoms with Crippen LogP contribution in [0.25, 0.3) is 0 Å². The molecule has 3 nitrogen and oxygen atoms in total. The molecule has 0 amide bonds. The van der Waals surface area contributed by atoms with Crippen molar-refractivity contribution in [1.82, 2.24) is 0 Å². The third-order valence-corrected chi connectivity index (χ3v) is 3.79. The van der Waals surface area contributed by atoms with Gasteiger partial charge in [-0.25, -0.2) is 4.39 Å². The van der Waals surface area contributed by atoms with Gasteiger partial charge in [0.2, 0.25) is 5.78 Å². The molecule has 1 aromatic heterocycles. The van der Waals surface area contributed by atoms with Crippen molar-refractivity contribution < 1.29 is 18.3 Å². The van der Waals surface area contributed by atoms with E-state index in [-0.39, 0.29) is 24.0 Å². The van der Waals surface area contributed by atoms with E-state index < -0.39 is 0 Å². The molecular formula is C20H17FO3. The van der Waals surface area contributed by atoms with E-state index >= 15 is 0 Å². The van der Waals surface area contributed by atoms with Crippen LogP contribution in [0.5, 0.6) is 5.75 Å². The lowest BCUT2D eigenvalue weighted by molar-refractivity contribution is 0.101. The molecule has 0 aliphatic rings. The lowest BCUT2D eigenvalue weighted by Crippen LogP contribution is -2.05. The molecule has 0 spiro atoms. The minimum atomic E-state index is -0.301. The van der Waals surface area contributed by atoms with Gasteiger partial charge in [0.1, 0.15) is 18.2 Å². The van der Waals surface area contributed by atoms with Gasteiger partial charge in [-0.2, -0.15) is 0 Å². The number of aryl methyl sites for hydroxylation is 2. The Morgan fingerprint density at radius 2 is 1.92 bits per heavy atom. The monoisotopic (exact) mass is 324 g/mol. The van der Waals surface area contributed by atoms with E-state index in [4.69, 9.17) is 9.15 Å². The molecule has 0 atom stereocenters. The van der Waals surface area contributed by atoms with Crippen LogP contribution in [0.2, 0.25) is 0 Å². The number of hydrogen-bond donors (Lipinski definition) is 0. The summed E-state index contributed by atoms with van der Waals surface area (Å²) in [6, 6.07) is 13.2. The number of ketones is 1. The van der Waals surface area contributed by atoms with E-state index in [0.29, 0.717) is 11.3 Å². The van der Waals surface area contributed by atoms with Gasteiger partial charge in [-0.15, -0.1) is 0 Å². The zero-order chi connectivity index (χ0) is 17.1. The number of hydrogen-bond acceptors (Lipinski definition) is 3. The molecule has 0 bridgehead atoms. The lowest BCUT2D eigenvalue weighted by atomic mass is 10.00. The van der Waals surface area contributed by atoms with Crippen molar-refractivity contribution in [3.8, 4) is 5.75 Å². The normalized spacial score (nSPS) is 10.6. The summed E-state index contributed by atoms with van der Waals surface area (Å²) in [4.78, 5) is 12.5. The Hall–Kier alpha value is -2.88. The van der Waals surface area contributed by atoms with E-state index in [1.54, 1.807) is 30.3 Å². The average molecular weight is 324 g/mol. The fourth-order valence-electron chi connectivity index (χ4n) is 2.56. The van der Waals surface area contributed by atoms with Gasteiger partial charge in [-0.1, -0.05) is 18.2 Å². The second kappa shape index (κ2) is 6.71. The molecule has 0 saturated carbocycles. The van der Waals surface area contributed by atoms with Crippen LogP contribution in [0, 0.1) is 19.7 Å². The molecule has 3 rings (SSSR count). The summed E-state index contributed by atoms with van der Waals surface area (Å²) in [5.74, 6) is 0.399. The van der Waals surface area contributed by atoms with Gasteiger partial charge in [0.05, 0.1) is 6.26 Å². The number of ether oxygens (including phenoxy) is 1. The Kier molecular flexibility index (Phi) is 4.47. The summed E-state index contributed by atoms with van der Waals surface area (Å²) in [7, 11) is 0. The van der Waals surface area contributed by atoms with Crippen LogP contribution in [-0.2, 0) is 6.61 Å². The Bertz CT molecular complexity index is 867. The van der Waals surface area contributed by atoms with Crippen molar-refractivity contribution >= 4 is 5.78 Å². The molecule has 122 valence electrons. The minimum absolute atomic E-state index is 0.187. The van der Waals surface area contributed by atoms with Crippen molar-refractivity contribution in [1.29, 1.82) is 0 Å². The van der Waals surface area contributed by atoms with Gasteiger partial charge >= 0.3 is 0 Å². The molecule has 4 heteroatoms. The van der Waals surface area contributed by atoms with Crippen molar-refractivity contribution in [2.75, 3.05) is 0 Å². The molecule has 1 heterocycles. The SMILES string of the molecule is Cc1cc(C)c(C(=O)c2ccco2)cc1OCc1cccc(F)c1. The Labute approximate surface area is 139 Å². The first-order chi connectivity index (χ1) is 11.5. The molecular weight excluding hydrogens is 307 g/mol. The third kappa shape index (κ3) is 3.38. The summed E-state index contributed by atoms with van der Waals surface area (Å²) in [5, 5.41) is 0. The van der Waals surface area contributed by atoms with E-state index in [0.717, 1.165) is 16.7 Å². The van der Waals surface area contributed by atoms with E-state index in [9.17, 15) is 9.18 Å². The fourth-order valence-corrected chi connectivity index (χ4v) is 2.56. The van der Waals surface area contributed by atoms with Gasteiger partial charge in [0.15, 0.2) is 5.76 Å². The molecule has 0 radical (unpaired) electrons. The average Bonchev–Trinajstić information content (AvgIpc) is 3.08. The standard InChI is InChI=1S/C20H17FO3/c1-13-9-14(2)19(24-12-15-5-3-6-16(21)10-15)11-17(13)20(22)18-7-4-8-23-18/h3-11H,12H2,1-2H3. The highest BCUT2D eigenvalue weighted by Crippen LogP contribution is 2.26. The summed E-state index contributed by atoms with van der Waals surface area (Å²) >= 11 is 0. The van der Waals surface area contributed by atoms with Crippen molar-refractivity contribution in [3.05, 3.63) is 88.6 Å². The number of rotatable bonds is 5. The minimum Gasteiger partial charge on any atom is -0.489 e. The largest absolute Gasteiger partial charge is 0.489 e. The first-order valence-electron chi connectivity index (χ1n) is 7.61. The lowest BCUT2D eigenvalue weighted by Gasteiger charge is -2.13. The van der Waals surface area contributed by atoms with Gasteiger partial charge < -0.3 is 9.15 Å². The number of carbonyl (C=O) groups is 1. The number of benzene rings is 2. The molecule has 3 aromatic rings. The first kappa shape index (κ1) is 16.0. The van der Waals surface area contributed by atoms with Crippen LogP contribution in [0.15, 0.2) is 59.2 Å². The second-order valence-electron chi connectivity index (χ2n) is 5.66. The summed E-state index contributed by atoms with van der Waals surface area (Å²) < 4.78 is 24.2. The van der Waals surface area contributed by atoms with Crippen molar-refractivity contribution in [3.63, 3.8) is 0 Å². The van der Waals surface area contributed by atoms with Gasteiger partial charge in [-0.3, -0.25) is 4.79 Å². The van der Waals surface area contributed by atoms with Crippen molar-refractivity contribution in [2.24, 2.45) is 0 Å². The van der Waals surface area contributed by atoms with Crippen LogP contribution in [0.4, 0.5) is 4.39 Å². The van der Waals surface area contributed by atoms with Crippen LogP contribution >= 0.6 is 0 Å². The highest BCUT2D eigenvalue weighted by molar-refractivity contribution is 6.08. The van der Waals surface area contributed by atoms with E-state index in [2.05, 4.69) is 0 Å². The zero-order valence-corrected chi connectivity index (χ0v) is 13.5. The Balaban J connectivity index is 1.86. The Morgan fingerprint density at radius 3 is 2.62 bits per heavy atom. The number of halogens is 1. The smallest absolute Gasteiger partial charge is 0.228 e. The molecule has 24 heavy (non-hydrogen) atoms. The zero-order valence-electron chi connectivity index (χ0n) is 13.5. The highest BCUT2D eigenvalue weighted by atomic mass is 19.1. The van der Waals surface area contributed by atoms with Crippen LogP contribution < -0.4 is 4.74 Å². The summed E-state index contributed by atoms with van der Waals surface area (Å²) in [6.45, 7) is 4.02. The molecule has 2 aromatic carbocycles. The highest BCUT2D eigenvalue weighted by Gasteiger charge is 2.17. The molecule has 0 unspecified atom stereocenters. The predicted octanol–water partition coefficient (Wildman–Crippen LogP) is 4.85. The number of furan rings is 1. The molecule has 0 aliphatic carbocycles. The topological polar surface area (TPSA) is 39.4 Å². The quantitative estimate of drug-likeness (QED) is 0.630. The third-order valence-electron chi connectivity index (χ3n) is 3.79. The second-order valence-corrected chi connectivity index (χ2v) is 5.66.